The van der Waals surface area contributed by atoms with Gasteiger partial charge in [0, 0.05) is 27.9 Å². The fraction of sp³-hybridized carbons (Fsp3) is 0.316. The number of phenols is 1. The predicted octanol–water partition coefficient (Wildman–Crippen LogP) is 5.05. The molecular weight excluding hydrogens is 326 g/mol. The summed E-state index contributed by atoms with van der Waals surface area (Å²) in [6.45, 7) is 5.82. The Labute approximate surface area is 146 Å². The summed E-state index contributed by atoms with van der Waals surface area (Å²) in [4.78, 5) is 12.2. The zero-order valence-electron chi connectivity index (χ0n) is 14.2. The van der Waals surface area contributed by atoms with Crippen molar-refractivity contribution in [1.29, 1.82) is 0 Å². The van der Waals surface area contributed by atoms with Crippen LogP contribution in [0.4, 0.5) is 11.4 Å². The van der Waals surface area contributed by atoms with E-state index in [1.54, 1.807) is 0 Å². The Balaban J connectivity index is 2.33. The van der Waals surface area contributed by atoms with Crippen LogP contribution in [0.3, 0.4) is 0 Å². The summed E-state index contributed by atoms with van der Waals surface area (Å²) in [5.41, 5.74) is 5.48. The van der Waals surface area contributed by atoms with Crippen LogP contribution in [0.5, 0.6) is 5.75 Å². The lowest BCUT2D eigenvalue weighted by molar-refractivity contribution is 0.0596. The van der Waals surface area contributed by atoms with Gasteiger partial charge in [0.15, 0.2) is 0 Å². The molecular formula is C19H20ClNO3. The number of fused-ring (bicyclic) bond motifs is 2. The van der Waals surface area contributed by atoms with E-state index >= 15 is 0 Å². The van der Waals surface area contributed by atoms with E-state index in [4.69, 9.17) is 16.3 Å². The molecule has 126 valence electrons. The van der Waals surface area contributed by atoms with E-state index in [0.717, 1.165) is 40.0 Å². The first-order valence-corrected chi connectivity index (χ1v) is 8.29. The van der Waals surface area contributed by atoms with Crippen LogP contribution in [0.15, 0.2) is 18.2 Å². The van der Waals surface area contributed by atoms with Gasteiger partial charge in [0.05, 0.1) is 7.11 Å². The van der Waals surface area contributed by atoms with Gasteiger partial charge in [-0.15, -0.1) is 0 Å². The fourth-order valence-electron chi connectivity index (χ4n) is 3.51. The van der Waals surface area contributed by atoms with Gasteiger partial charge < -0.3 is 15.2 Å². The van der Waals surface area contributed by atoms with Gasteiger partial charge in [-0.2, -0.15) is 0 Å². The van der Waals surface area contributed by atoms with Crippen LogP contribution in [-0.4, -0.2) is 18.2 Å². The van der Waals surface area contributed by atoms with Crippen LogP contribution >= 0.6 is 11.6 Å². The quantitative estimate of drug-likeness (QED) is 0.748. The maximum absolute atomic E-state index is 12.2. The Hall–Kier alpha value is -2.20. The number of ether oxygens (including phenoxy) is 1. The third-order valence-corrected chi connectivity index (χ3v) is 5.10. The highest BCUT2D eigenvalue weighted by molar-refractivity contribution is 6.30. The van der Waals surface area contributed by atoms with Crippen molar-refractivity contribution < 1.29 is 14.6 Å². The van der Waals surface area contributed by atoms with Crippen LogP contribution in [-0.2, 0) is 4.74 Å². The van der Waals surface area contributed by atoms with Gasteiger partial charge in [-0.05, 0) is 55.2 Å². The lowest BCUT2D eigenvalue weighted by atomic mass is 9.80. The number of hydrogen-bond acceptors (Lipinski definition) is 4. The minimum Gasteiger partial charge on any atom is -0.507 e. The summed E-state index contributed by atoms with van der Waals surface area (Å²) in [6, 6.07) is 5.70. The molecule has 0 amide bonds. The molecule has 2 aromatic carbocycles. The number of carbonyl (C=O) groups excluding carboxylic acids is 1. The number of carbonyl (C=O) groups is 1. The predicted molar refractivity (Wildman–Crippen MR) is 95.8 cm³/mol. The van der Waals surface area contributed by atoms with Gasteiger partial charge in [-0.3, -0.25) is 0 Å². The molecule has 5 heteroatoms. The highest BCUT2D eigenvalue weighted by Gasteiger charge is 2.33. The maximum Gasteiger partial charge on any atom is 0.341 e. The summed E-state index contributed by atoms with van der Waals surface area (Å²) < 4.78 is 4.86. The Morgan fingerprint density at radius 3 is 2.67 bits per heavy atom. The average molecular weight is 346 g/mol. The number of hydrogen-bond donors (Lipinski definition) is 2. The normalized spacial score (nSPS) is 15.3. The molecule has 3 rings (SSSR count). The van der Waals surface area contributed by atoms with Gasteiger partial charge in [0.1, 0.15) is 11.3 Å². The number of anilines is 2. The monoisotopic (exact) mass is 345 g/mol. The molecule has 4 nitrogen and oxygen atoms in total. The van der Waals surface area contributed by atoms with Gasteiger partial charge in [-0.25, -0.2) is 4.79 Å². The molecule has 2 aromatic rings. The molecule has 0 radical (unpaired) electrons. The molecule has 1 aliphatic rings. The number of phenolic OH excluding ortho intramolecular Hbond substituents is 1. The van der Waals surface area contributed by atoms with Crippen molar-refractivity contribution in [2.24, 2.45) is 0 Å². The molecule has 0 fully saturated rings. The standard InChI is InChI=1S/C19H20ClNO3/c1-5-12-13-8-11(20)6-7-14(13)21-17-10(3)9(2)15(19(23)24-4)18(22)16(12)17/h6-8,12,21-22H,5H2,1-4H3. The molecule has 0 aromatic heterocycles. The number of esters is 1. The van der Waals surface area contributed by atoms with Crippen molar-refractivity contribution in [1.82, 2.24) is 0 Å². The molecule has 24 heavy (non-hydrogen) atoms. The van der Waals surface area contributed by atoms with Crippen LogP contribution in [0.1, 0.15) is 51.9 Å². The Kier molecular flexibility index (Phi) is 4.18. The summed E-state index contributed by atoms with van der Waals surface area (Å²) >= 11 is 6.16. The molecule has 0 spiro atoms. The van der Waals surface area contributed by atoms with E-state index < -0.39 is 5.97 Å². The van der Waals surface area contributed by atoms with E-state index in [0.29, 0.717) is 5.02 Å². The lowest BCUT2D eigenvalue weighted by Crippen LogP contribution is -2.17. The van der Waals surface area contributed by atoms with Crippen LogP contribution in [0.25, 0.3) is 0 Å². The molecule has 0 saturated carbocycles. The Morgan fingerprint density at radius 2 is 2.04 bits per heavy atom. The van der Waals surface area contributed by atoms with E-state index in [2.05, 4.69) is 12.2 Å². The minimum atomic E-state index is -0.525. The van der Waals surface area contributed by atoms with Crippen molar-refractivity contribution in [2.75, 3.05) is 12.4 Å². The molecule has 1 atom stereocenters. The first-order chi connectivity index (χ1) is 11.4. The third kappa shape index (κ3) is 2.33. The number of methoxy groups -OCH3 is 1. The topological polar surface area (TPSA) is 58.6 Å². The Bertz CT molecular complexity index is 845. The average Bonchev–Trinajstić information content (AvgIpc) is 2.57. The number of halogens is 1. The minimum absolute atomic E-state index is 0.00933. The third-order valence-electron chi connectivity index (χ3n) is 4.87. The lowest BCUT2D eigenvalue weighted by Gasteiger charge is -2.32. The van der Waals surface area contributed by atoms with Gasteiger partial charge in [0.25, 0.3) is 0 Å². The molecule has 0 saturated heterocycles. The highest BCUT2D eigenvalue weighted by Crippen LogP contribution is 2.50. The summed E-state index contributed by atoms with van der Waals surface area (Å²) in [5.74, 6) is -0.578. The van der Waals surface area contributed by atoms with Crippen LogP contribution < -0.4 is 5.32 Å². The fourth-order valence-corrected chi connectivity index (χ4v) is 3.69. The number of benzene rings is 2. The van der Waals surface area contributed by atoms with Crippen LogP contribution in [0.2, 0.25) is 5.02 Å². The van der Waals surface area contributed by atoms with E-state index in [1.165, 1.54) is 7.11 Å². The molecule has 2 N–H and O–H groups in total. The number of nitrogens with one attached hydrogen (secondary N) is 1. The smallest absolute Gasteiger partial charge is 0.341 e. The van der Waals surface area contributed by atoms with Crippen molar-refractivity contribution >= 4 is 28.9 Å². The molecule has 1 aliphatic heterocycles. The second-order valence-electron chi connectivity index (χ2n) is 6.07. The largest absolute Gasteiger partial charge is 0.507 e. The zero-order valence-corrected chi connectivity index (χ0v) is 14.9. The van der Waals surface area contributed by atoms with Gasteiger partial charge in [-0.1, -0.05) is 18.5 Å². The van der Waals surface area contributed by atoms with Crippen molar-refractivity contribution in [3.8, 4) is 5.75 Å². The van der Waals surface area contributed by atoms with E-state index in [-0.39, 0.29) is 17.2 Å². The van der Waals surface area contributed by atoms with Gasteiger partial charge >= 0.3 is 5.97 Å². The SMILES string of the molecule is CCC1c2cc(Cl)ccc2Nc2c(C)c(C)c(C(=O)OC)c(O)c21. The first kappa shape index (κ1) is 16.7. The molecule has 1 unspecified atom stereocenters. The molecule has 1 heterocycles. The van der Waals surface area contributed by atoms with E-state index in [9.17, 15) is 9.90 Å². The number of rotatable bonds is 2. The highest BCUT2D eigenvalue weighted by atomic mass is 35.5. The second-order valence-corrected chi connectivity index (χ2v) is 6.51. The first-order valence-electron chi connectivity index (χ1n) is 7.91. The second kappa shape index (κ2) is 6.02. The molecule has 0 bridgehead atoms. The van der Waals surface area contributed by atoms with Gasteiger partial charge in [0.2, 0.25) is 0 Å². The molecule has 0 aliphatic carbocycles. The van der Waals surface area contributed by atoms with Crippen molar-refractivity contribution in [3.63, 3.8) is 0 Å². The van der Waals surface area contributed by atoms with Crippen molar-refractivity contribution in [2.45, 2.75) is 33.1 Å². The summed E-state index contributed by atoms with van der Waals surface area (Å²) in [6.07, 6.45) is 0.776. The summed E-state index contributed by atoms with van der Waals surface area (Å²) in [5, 5.41) is 14.9. The number of aromatic hydroxyl groups is 1. The maximum atomic E-state index is 12.2. The van der Waals surface area contributed by atoms with Crippen LogP contribution in [0, 0.1) is 13.8 Å². The summed E-state index contributed by atoms with van der Waals surface area (Å²) in [7, 11) is 1.32. The zero-order chi connectivity index (χ0) is 17.6. The van der Waals surface area contributed by atoms with Crippen molar-refractivity contribution in [3.05, 3.63) is 51.0 Å². The Morgan fingerprint density at radius 1 is 1.33 bits per heavy atom. The van der Waals surface area contributed by atoms with E-state index in [1.807, 2.05) is 32.0 Å².